The van der Waals surface area contributed by atoms with Crippen LogP contribution in [0.4, 0.5) is 0 Å². The number of carbonyl (C=O) groups is 1. The fourth-order valence-electron chi connectivity index (χ4n) is 2.54. The van der Waals surface area contributed by atoms with Gasteiger partial charge in [0, 0.05) is 24.5 Å². The molecule has 3 N–H and O–H groups in total. The molecule has 0 aromatic rings. The minimum atomic E-state index is -0.00426. The summed E-state index contributed by atoms with van der Waals surface area (Å²) in [5.74, 6) is 0.0616. The normalized spacial score (nSPS) is 27.8. The van der Waals surface area contributed by atoms with Gasteiger partial charge in [-0.3, -0.25) is 10.2 Å². The lowest BCUT2D eigenvalue weighted by atomic mass is 10.00. The Kier molecular flexibility index (Phi) is 5.92. The van der Waals surface area contributed by atoms with E-state index in [0.717, 1.165) is 25.7 Å². The molecule has 4 heteroatoms. The molecule has 4 nitrogen and oxygen atoms in total. The molecule has 0 spiro atoms. The number of nitrogens with zero attached hydrogens (tertiary/aromatic N) is 1. The van der Waals surface area contributed by atoms with Gasteiger partial charge in [-0.25, -0.2) is 5.01 Å². The van der Waals surface area contributed by atoms with Crippen LogP contribution in [0.25, 0.3) is 0 Å². The molecule has 1 rings (SSSR count). The summed E-state index contributed by atoms with van der Waals surface area (Å²) in [4.78, 5) is 11.9. The van der Waals surface area contributed by atoms with Crippen molar-refractivity contribution in [2.75, 3.05) is 0 Å². The lowest BCUT2D eigenvalue weighted by Gasteiger charge is -2.38. The highest BCUT2D eigenvalue weighted by atomic mass is 16.2. The van der Waals surface area contributed by atoms with Crippen molar-refractivity contribution >= 4 is 5.91 Å². The number of nitrogens with one attached hydrogen (secondary N) is 1. The topological polar surface area (TPSA) is 58.4 Å². The highest BCUT2D eigenvalue weighted by Gasteiger charge is 2.26. The third-order valence-electron chi connectivity index (χ3n) is 3.55. The van der Waals surface area contributed by atoms with Crippen molar-refractivity contribution in [2.24, 2.45) is 5.73 Å². The van der Waals surface area contributed by atoms with Crippen LogP contribution in [0.15, 0.2) is 0 Å². The molecule has 1 aliphatic heterocycles. The molecule has 3 unspecified atom stereocenters. The molecule has 0 bridgehead atoms. The van der Waals surface area contributed by atoms with Gasteiger partial charge in [0.25, 0.3) is 0 Å². The number of piperidine rings is 1. The lowest BCUT2D eigenvalue weighted by molar-refractivity contribution is -0.129. The SMILES string of the molecule is CCCC(N)CC(=O)NN1C(C)CCCC1C. The Bertz CT molecular complexity index is 235. The van der Waals surface area contributed by atoms with Crippen molar-refractivity contribution < 1.29 is 4.79 Å². The highest BCUT2D eigenvalue weighted by molar-refractivity contribution is 5.76. The van der Waals surface area contributed by atoms with E-state index < -0.39 is 0 Å². The van der Waals surface area contributed by atoms with E-state index in [-0.39, 0.29) is 11.9 Å². The third kappa shape index (κ3) is 4.64. The van der Waals surface area contributed by atoms with Crippen LogP contribution in [0.1, 0.15) is 59.3 Å². The molecular weight excluding hydrogens is 214 g/mol. The first-order valence-electron chi connectivity index (χ1n) is 6.88. The first kappa shape index (κ1) is 14.5. The molecule has 0 aromatic carbocycles. The molecule has 0 radical (unpaired) electrons. The summed E-state index contributed by atoms with van der Waals surface area (Å²) in [7, 11) is 0. The van der Waals surface area contributed by atoms with Gasteiger partial charge in [-0.1, -0.05) is 19.8 Å². The maximum Gasteiger partial charge on any atom is 0.235 e. The molecular formula is C13H27N3O. The van der Waals surface area contributed by atoms with Gasteiger partial charge < -0.3 is 5.73 Å². The molecule has 1 heterocycles. The average Bonchev–Trinajstić information content (AvgIpc) is 2.24. The fraction of sp³-hybridized carbons (Fsp3) is 0.923. The molecule has 1 aliphatic rings. The molecule has 1 fully saturated rings. The number of amides is 1. The number of rotatable bonds is 5. The summed E-state index contributed by atoms with van der Waals surface area (Å²) in [6.45, 7) is 6.43. The van der Waals surface area contributed by atoms with Crippen LogP contribution >= 0.6 is 0 Å². The van der Waals surface area contributed by atoms with Gasteiger partial charge >= 0.3 is 0 Å². The first-order chi connectivity index (χ1) is 8.04. The lowest BCUT2D eigenvalue weighted by Crippen LogP contribution is -2.54. The van der Waals surface area contributed by atoms with E-state index in [1.165, 1.54) is 6.42 Å². The van der Waals surface area contributed by atoms with E-state index in [2.05, 4.69) is 31.2 Å². The van der Waals surface area contributed by atoms with E-state index in [4.69, 9.17) is 5.73 Å². The molecule has 17 heavy (non-hydrogen) atoms. The van der Waals surface area contributed by atoms with Crippen molar-refractivity contribution in [2.45, 2.75) is 77.4 Å². The Balaban J connectivity index is 2.38. The molecule has 0 aliphatic carbocycles. The van der Waals surface area contributed by atoms with Crippen molar-refractivity contribution in [1.29, 1.82) is 0 Å². The van der Waals surface area contributed by atoms with Gasteiger partial charge in [0.05, 0.1) is 0 Å². The van der Waals surface area contributed by atoms with Gasteiger partial charge in [-0.05, 0) is 33.1 Å². The number of hydrogen-bond acceptors (Lipinski definition) is 3. The van der Waals surface area contributed by atoms with Crippen molar-refractivity contribution in [1.82, 2.24) is 10.4 Å². The van der Waals surface area contributed by atoms with Crippen LogP contribution in [0, 0.1) is 0 Å². The zero-order valence-corrected chi connectivity index (χ0v) is 11.4. The quantitative estimate of drug-likeness (QED) is 0.771. The summed E-state index contributed by atoms with van der Waals surface area (Å²) >= 11 is 0. The molecule has 0 saturated carbocycles. The van der Waals surface area contributed by atoms with Crippen molar-refractivity contribution in [3.63, 3.8) is 0 Å². The zero-order chi connectivity index (χ0) is 12.8. The first-order valence-corrected chi connectivity index (χ1v) is 6.88. The number of carbonyl (C=O) groups excluding carboxylic acids is 1. The third-order valence-corrected chi connectivity index (χ3v) is 3.55. The minimum Gasteiger partial charge on any atom is -0.327 e. The largest absolute Gasteiger partial charge is 0.327 e. The summed E-state index contributed by atoms with van der Waals surface area (Å²) in [5.41, 5.74) is 8.90. The number of hydrazine groups is 1. The summed E-state index contributed by atoms with van der Waals surface area (Å²) in [6.07, 6.45) is 5.95. The van der Waals surface area contributed by atoms with Crippen molar-refractivity contribution in [3.8, 4) is 0 Å². The molecule has 0 aromatic heterocycles. The fourth-order valence-corrected chi connectivity index (χ4v) is 2.54. The van der Waals surface area contributed by atoms with Crippen LogP contribution in [0.3, 0.4) is 0 Å². The predicted molar refractivity (Wildman–Crippen MR) is 70.3 cm³/mol. The monoisotopic (exact) mass is 241 g/mol. The second-order valence-corrected chi connectivity index (χ2v) is 5.32. The zero-order valence-electron chi connectivity index (χ0n) is 11.4. The van der Waals surface area contributed by atoms with E-state index >= 15 is 0 Å². The number of hydrogen-bond donors (Lipinski definition) is 2. The van der Waals surface area contributed by atoms with E-state index in [1.807, 2.05) is 0 Å². The van der Waals surface area contributed by atoms with Gasteiger partial charge in [-0.2, -0.15) is 0 Å². The van der Waals surface area contributed by atoms with Crippen LogP contribution in [-0.2, 0) is 4.79 Å². The Morgan fingerprint density at radius 1 is 1.41 bits per heavy atom. The molecule has 1 amide bonds. The Hall–Kier alpha value is -0.610. The summed E-state index contributed by atoms with van der Waals surface area (Å²) in [5, 5.41) is 2.10. The van der Waals surface area contributed by atoms with Gasteiger partial charge in [0.1, 0.15) is 0 Å². The average molecular weight is 241 g/mol. The maximum atomic E-state index is 11.9. The van der Waals surface area contributed by atoms with Crippen molar-refractivity contribution in [3.05, 3.63) is 0 Å². The smallest absolute Gasteiger partial charge is 0.235 e. The van der Waals surface area contributed by atoms with E-state index in [9.17, 15) is 4.79 Å². The maximum absolute atomic E-state index is 11.9. The molecule has 3 atom stereocenters. The highest BCUT2D eigenvalue weighted by Crippen LogP contribution is 2.20. The van der Waals surface area contributed by atoms with E-state index in [1.54, 1.807) is 0 Å². The Labute approximate surface area is 105 Å². The summed E-state index contributed by atoms with van der Waals surface area (Å²) in [6, 6.07) is 0.866. The van der Waals surface area contributed by atoms with Gasteiger partial charge in [0.2, 0.25) is 5.91 Å². The van der Waals surface area contributed by atoms with E-state index in [0.29, 0.717) is 18.5 Å². The molecule has 1 saturated heterocycles. The molecule has 100 valence electrons. The minimum absolute atomic E-state index is 0.00426. The number of nitrogens with two attached hydrogens (primary N) is 1. The van der Waals surface area contributed by atoms with Crippen LogP contribution in [0.2, 0.25) is 0 Å². The summed E-state index contributed by atoms with van der Waals surface area (Å²) < 4.78 is 0. The second kappa shape index (κ2) is 6.97. The van der Waals surface area contributed by atoms with Gasteiger partial charge in [-0.15, -0.1) is 0 Å². The van der Waals surface area contributed by atoms with Crippen LogP contribution in [-0.4, -0.2) is 29.0 Å². The second-order valence-electron chi connectivity index (χ2n) is 5.32. The predicted octanol–water partition coefficient (Wildman–Crippen LogP) is 1.80. The van der Waals surface area contributed by atoms with Gasteiger partial charge in [0.15, 0.2) is 0 Å². The van der Waals surface area contributed by atoms with Crippen LogP contribution in [0.5, 0.6) is 0 Å². The standard InChI is InChI=1S/C13H27N3O/c1-4-6-12(14)9-13(17)15-16-10(2)7-5-8-11(16)3/h10-12H,4-9,14H2,1-3H3,(H,15,17). The van der Waals surface area contributed by atoms with Crippen LogP contribution < -0.4 is 11.2 Å². The Morgan fingerprint density at radius 3 is 2.53 bits per heavy atom. The Morgan fingerprint density at radius 2 is 2.00 bits per heavy atom.